The molecule has 0 fully saturated rings. The molecule has 0 aliphatic carbocycles. The molecule has 0 amide bonds. The van der Waals surface area contributed by atoms with Crippen LogP contribution in [0.4, 0.5) is 0 Å². The van der Waals surface area contributed by atoms with Crippen LogP contribution in [-0.2, 0) is 13.5 Å². The Morgan fingerprint density at radius 1 is 1.35 bits per heavy atom. The zero-order valence-electron chi connectivity index (χ0n) is 9.89. The van der Waals surface area contributed by atoms with Gasteiger partial charge >= 0.3 is 0 Å². The number of hydrogen-bond donors (Lipinski definition) is 1. The van der Waals surface area contributed by atoms with Crippen LogP contribution in [0.15, 0.2) is 34.8 Å². The van der Waals surface area contributed by atoms with Crippen LogP contribution in [0.1, 0.15) is 23.1 Å². The van der Waals surface area contributed by atoms with E-state index < -0.39 is 6.10 Å². The van der Waals surface area contributed by atoms with Crippen molar-refractivity contribution in [2.45, 2.75) is 19.4 Å². The maximum atomic E-state index is 10.2. The van der Waals surface area contributed by atoms with E-state index in [1.807, 2.05) is 49.0 Å². The minimum atomic E-state index is -0.498. The summed E-state index contributed by atoms with van der Waals surface area (Å²) in [5.74, 6) is 0. The lowest BCUT2D eigenvalue weighted by Gasteiger charge is -2.11. The molecular formula is C13H15BrN2O. The van der Waals surface area contributed by atoms with Gasteiger partial charge in [-0.25, -0.2) is 0 Å². The third-order valence-corrected chi connectivity index (χ3v) is 3.86. The molecule has 0 saturated carbocycles. The number of aryl methyl sites for hydroxylation is 2. The Labute approximate surface area is 109 Å². The maximum Gasteiger partial charge on any atom is 0.0845 e. The molecule has 1 unspecified atom stereocenters. The zero-order valence-corrected chi connectivity index (χ0v) is 11.5. The van der Waals surface area contributed by atoms with Crippen LogP contribution in [-0.4, -0.2) is 14.9 Å². The highest BCUT2D eigenvalue weighted by Gasteiger charge is 2.15. The van der Waals surface area contributed by atoms with Crippen LogP contribution in [0, 0.1) is 6.92 Å². The van der Waals surface area contributed by atoms with E-state index in [0.717, 1.165) is 21.4 Å². The largest absolute Gasteiger partial charge is 0.388 e. The van der Waals surface area contributed by atoms with Gasteiger partial charge < -0.3 is 5.11 Å². The molecule has 1 aromatic heterocycles. The molecule has 1 N–H and O–H groups in total. The fraction of sp³-hybridized carbons (Fsp3) is 0.308. The molecular weight excluding hydrogens is 280 g/mol. The van der Waals surface area contributed by atoms with Gasteiger partial charge in [0.1, 0.15) is 0 Å². The molecule has 1 heterocycles. The van der Waals surface area contributed by atoms with Crippen molar-refractivity contribution in [3.8, 4) is 0 Å². The van der Waals surface area contributed by atoms with Crippen molar-refractivity contribution in [2.75, 3.05) is 0 Å². The summed E-state index contributed by atoms with van der Waals surface area (Å²) in [7, 11) is 1.89. The second-order valence-corrected chi connectivity index (χ2v) is 4.89. The second-order valence-electron chi connectivity index (χ2n) is 4.10. The van der Waals surface area contributed by atoms with Crippen molar-refractivity contribution in [1.29, 1.82) is 0 Å². The van der Waals surface area contributed by atoms with Crippen molar-refractivity contribution in [3.63, 3.8) is 0 Å². The van der Waals surface area contributed by atoms with Gasteiger partial charge in [0.05, 0.1) is 22.0 Å². The van der Waals surface area contributed by atoms with E-state index in [-0.39, 0.29) is 0 Å². The Morgan fingerprint density at radius 2 is 2.00 bits per heavy atom. The second kappa shape index (κ2) is 5.02. The van der Waals surface area contributed by atoms with Gasteiger partial charge in [-0.3, -0.25) is 4.68 Å². The molecule has 0 radical (unpaired) electrons. The summed E-state index contributed by atoms with van der Waals surface area (Å²) >= 11 is 3.51. The van der Waals surface area contributed by atoms with Crippen LogP contribution in [0.2, 0.25) is 0 Å². The molecule has 90 valence electrons. The molecule has 2 aromatic rings. The van der Waals surface area contributed by atoms with Crippen molar-refractivity contribution in [3.05, 3.63) is 51.8 Å². The van der Waals surface area contributed by atoms with E-state index in [9.17, 15) is 5.11 Å². The van der Waals surface area contributed by atoms with E-state index in [0.29, 0.717) is 6.42 Å². The minimum absolute atomic E-state index is 0.498. The van der Waals surface area contributed by atoms with E-state index in [1.165, 1.54) is 0 Å². The Bertz CT molecular complexity index is 508. The first kappa shape index (κ1) is 12.3. The summed E-state index contributed by atoms with van der Waals surface area (Å²) in [5.41, 5.74) is 2.89. The molecule has 2 rings (SSSR count). The Hall–Kier alpha value is -1.13. The van der Waals surface area contributed by atoms with Crippen LogP contribution >= 0.6 is 15.9 Å². The number of nitrogens with zero attached hydrogens (tertiary/aromatic N) is 2. The number of benzene rings is 1. The number of aliphatic hydroxyl groups excluding tert-OH is 1. The number of aliphatic hydroxyl groups is 1. The lowest BCUT2D eigenvalue weighted by atomic mass is 10.1. The Morgan fingerprint density at radius 3 is 2.53 bits per heavy atom. The zero-order chi connectivity index (χ0) is 12.4. The topological polar surface area (TPSA) is 38.0 Å². The quantitative estimate of drug-likeness (QED) is 0.945. The molecule has 0 saturated heterocycles. The van der Waals surface area contributed by atoms with E-state index >= 15 is 0 Å². The van der Waals surface area contributed by atoms with Gasteiger partial charge in [-0.1, -0.05) is 30.3 Å². The third-order valence-electron chi connectivity index (χ3n) is 2.83. The lowest BCUT2D eigenvalue weighted by Crippen LogP contribution is -2.06. The van der Waals surface area contributed by atoms with Crippen molar-refractivity contribution in [2.24, 2.45) is 7.05 Å². The van der Waals surface area contributed by atoms with Gasteiger partial charge in [0.2, 0.25) is 0 Å². The van der Waals surface area contributed by atoms with Gasteiger partial charge in [0, 0.05) is 13.5 Å². The number of hydrogen-bond acceptors (Lipinski definition) is 2. The predicted molar refractivity (Wildman–Crippen MR) is 70.8 cm³/mol. The Kier molecular flexibility index (Phi) is 3.64. The fourth-order valence-corrected chi connectivity index (χ4v) is 2.38. The molecule has 17 heavy (non-hydrogen) atoms. The average molecular weight is 295 g/mol. The molecule has 0 bridgehead atoms. The Balaban J connectivity index is 2.22. The molecule has 4 heteroatoms. The van der Waals surface area contributed by atoms with Gasteiger partial charge in [0.15, 0.2) is 0 Å². The van der Waals surface area contributed by atoms with Gasteiger partial charge in [-0.05, 0) is 28.4 Å². The van der Waals surface area contributed by atoms with Crippen LogP contribution in [0.5, 0.6) is 0 Å². The molecule has 1 atom stereocenters. The van der Waals surface area contributed by atoms with E-state index in [2.05, 4.69) is 21.0 Å². The monoisotopic (exact) mass is 294 g/mol. The summed E-state index contributed by atoms with van der Waals surface area (Å²) in [4.78, 5) is 0. The molecule has 0 aliphatic rings. The summed E-state index contributed by atoms with van der Waals surface area (Å²) in [5, 5.41) is 14.5. The summed E-state index contributed by atoms with van der Waals surface area (Å²) in [6, 6.07) is 9.67. The van der Waals surface area contributed by atoms with Crippen molar-refractivity contribution < 1.29 is 5.11 Å². The highest BCUT2D eigenvalue weighted by atomic mass is 79.9. The van der Waals surface area contributed by atoms with Crippen LogP contribution in [0.3, 0.4) is 0 Å². The first-order chi connectivity index (χ1) is 8.09. The maximum absolute atomic E-state index is 10.2. The fourth-order valence-electron chi connectivity index (χ4n) is 1.88. The van der Waals surface area contributed by atoms with Crippen molar-refractivity contribution >= 4 is 15.9 Å². The first-order valence-electron chi connectivity index (χ1n) is 5.50. The third kappa shape index (κ3) is 2.58. The van der Waals surface area contributed by atoms with E-state index in [4.69, 9.17) is 0 Å². The SMILES string of the molecule is Cc1nn(C)c(CC(O)c2ccccc2)c1Br. The lowest BCUT2D eigenvalue weighted by molar-refractivity contribution is 0.175. The van der Waals surface area contributed by atoms with Gasteiger partial charge in [0.25, 0.3) is 0 Å². The summed E-state index contributed by atoms with van der Waals surface area (Å²) < 4.78 is 2.79. The van der Waals surface area contributed by atoms with Gasteiger partial charge in [-0.2, -0.15) is 5.10 Å². The standard InChI is InChI=1S/C13H15BrN2O/c1-9-13(14)11(16(2)15-9)8-12(17)10-6-4-3-5-7-10/h3-7,12,17H,8H2,1-2H3. The smallest absolute Gasteiger partial charge is 0.0845 e. The summed E-state index contributed by atoms with van der Waals surface area (Å²) in [6.07, 6.45) is 0.0596. The minimum Gasteiger partial charge on any atom is -0.388 e. The van der Waals surface area contributed by atoms with Crippen LogP contribution in [0.25, 0.3) is 0 Å². The van der Waals surface area contributed by atoms with Gasteiger partial charge in [-0.15, -0.1) is 0 Å². The summed E-state index contributed by atoms with van der Waals surface area (Å²) in [6.45, 7) is 1.95. The molecule has 0 spiro atoms. The average Bonchev–Trinajstić information content (AvgIpc) is 2.57. The number of rotatable bonds is 3. The van der Waals surface area contributed by atoms with Crippen molar-refractivity contribution in [1.82, 2.24) is 9.78 Å². The highest BCUT2D eigenvalue weighted by molar-refractivity contribution is 9.10. The number of halogens is 1. The first-order valence-corrected chi connectivity index (χ1v) is 6.30. The molecule has 3 nitrogen and oxygen atoms in total. The predicted octanol–water partition coefficient (Wildman–Crippen LogP) is 2.77. The van der Waals surface area contributed by atoms with Crippen LogP contribution < -0.4 is 0 Å². The van der Waals surface area contributed by atoms with E-state index in [1.54, 1.807) is 0 Å². The highest BCUT2D eigenvalue weighted by Crippen LogP contribution is 2.25. The number of aromatic nitrogens is 2. The molecule has 0 aliphatic heterocycles. The normalized spacial score (nSPS) is 12.7. The molecule has 1 aromatic carbocycles.